The summed E-state index contributed by atoms with van der Waals surface area (Å²) in [5.74, 6) is 0. The van der Waals surface area contributed by atoms with Gasteiger partial charge in [0.25, 0.3) is 0 Å². The van der Waals surface area contributed by atoms with Gasteiger partial charge in [0.1, 0.15) is 6.07 Å². The molecule has 1 aliphatic carbocycles. The van der Waals surface area contributed by atoms with Gasteiger partial charge in [0.05, 0.1) is 12.2 Å². The van der Waals surface area contributed by atoms with Gasteiger partial charge in [0.2, 0.25) is 0 Å². The number of hydrogen-bond donors (Lipinski definition) is 1. The van der Waals surface area contributed by atoms with E-state index in [9.17, 15) is 4.79 Å². The summed E-state index contributed by atoms with van der Waals surface area (Å²) in [5.41, 5.74) is 2.81. The van der Waals surface area contributed by atoms with Crippen LogP contribution in [0.4, 0.5) is 4.79 Å². The number of carbonyl (C=O) groups is 1. The Labute approximate surface area is 159 Å². The molecule has 0 bridgehead atoms. The van der Waals surface area contributed by atoms with Crippen molar-refractivity contribution in [3.8, 4) is 6.07 Å². The molecule has 140 valence electrons. The van der Waals surface area contributed by atoms with Crippen LogP contribution >= 0.6 is 0 Å². The molecule has 1 aromatic carbocycles. The molecule has 4 rings (SSSR count). The van der Waals surface area contributed by atoms with Gasteiger partial charge in [-0.2, -0.15) is 10.4 Å². The number of carbonyl (C=O) groups excluding carboxylic acids is 1. The van der Waals surface area contributed by atoms with Gasteiger partial charge in [-0.25, -0.2) is 4.79 Å². The highest BCUT2D eigenvalue weighted by atomic mass is 16.2. The number of fused-ring (bicyclic) bond motifs is 1. The van der Waals surface area contributed by atoms with Gasteiger partial charge in [-0.3, -0.25) is 4.68 Å². The minimum Gasteiger partial charge on any atom is -0.337 e. The van der Waals surface area contributed by atoms with Gasteiger partial charge < -0.3 is 10.2 Å². The smallest absolute Gasteiger partial charge is 0.317 e. The summed E-state index contributed by atoms with van der Waals surface area (Å²) in [6.07, 6.45) is 1.91. The third kappa shape index (κ3) is 3.08. The minimum absolute atomic E-state index is 0.00548. The lowest BCUT2D eigenvalue weighted by molar-refractivity contribution is 0.194. The molecule has 1 atom stereocenters. The number of amides is 2. The van der Waals surface area contributed by atoms with Crippen LogP contribution in [0, 0.1) is 16.7 Å². The summed E-state index contributed by atoms with van der Waals surface area (Å²) in [7, 11) is 0. The van der Waals surface area contributed by atoms with E-state index in [1.54, 1.807) is 6.07 Å². The van der Waals surface area contributed by atoms with E-state index in [0.29, 0.717) is 25.3 Å². The number of nitriles is 1. The fourth-order valence-electron chi connectivity index (χ4n) is 4.39. The highest BCUT2D eigenvalue weighted by Crippen LogP contribution is 2.63. The SMILES string of the molecule is CC1(C)C[C@@]1(CNC(=O)N1CCCn2nc(C#N)cc2C1)c1ccccc1. The molecule has 1 N–H and O–H groups in total. The van der Waals surface area contributed by atoms with Crippen LogP contribution in [0.5, 0.6) is 0 Å². The zero-order chi connectivity index (χ0) is 19.1. The van der Waals surface area contributed by atoms with Crippen molar-refractivity contribution in [2.45, 2.75) is 45.2 Å². The van der Waals surface area contributed by atoms with Gasteiger partial charge in [0, 0.05) is 25.0 Å². The zero-order valence-electron chi connectivity index (χ0n) is 15.9. The number of nitrogens with zero attached hydrogens (tertiary/aromatic N) is 4. The molecular formula is C21H25N5O. The van der Waals surface area contributed by atoms with E-state index in [1.807, 2.05) is 15.6 Å². The Morgan fingerprint density at radius 3 is 2.70 bits per heavy atom. The Morgan fingerprint density at radius 1 is 1.30 bits per heavy atom. The first-order valence-corrected chi connectivity index (χ1v) is 9.50. The number of nitrogens with one attached hydrogen (secondary N) is 1. The number of hydrogen-bond acceptors (Lipinski definition) is 3. The van der Waals surface area contributed by atoms with Gasteiger partial charge in [-0.1, -0.05) is 44.2 Å². The Balaban J connectivity index is 1.45. The molecule has 27 heavy (non-hydrogen) atoms. The summed E-state index contributed by atoms with van der Waals surface area (Å²) < 4.78 is 1.85. The molecule has 2 heterocycles. The van der Waals surface area contributed by atoms with E-state index >= 15 is 0 Å². The average Bonchev–Trinajstić information content (AvgIpc) is 3.13. The van der Waals surface area contributed by atoms with Crippen LogP contribution in [0.3, 0.4) is 0 Å². The van der Waals surface area contributed by atoms with Crippen LogP contribution in [-0.2, 0) is 18.5 Å². The van der Waals surface area contributed by atoms with Crippen molar-refractivity contribution in [2.75, 3.05) is 13.1 Å². The molecule has 1 aliphatic heterocycles. The van der Waals surface area contributed by atoms with E-state index in [-0.39, 0.29) is 16.9 Å². The van der Waals surface area contributed by atoms with Crippen LogP contribution in [0.25, 0.3) is 0 Å². The van der Waals surface area contributed by atoms with Crippen LogP contribution < -0.4 is 5.32 Å². The fourth-order valence-corrected chi connectivity index (χ4v) is 4.39. The first-order valence-electron chi connectivity index (χ1n) is 9.50. The first kappa shape index (κ1) is 17.6. The maximum absolute atomic E-state index is 12.9. The van der Waals surface area contributed by atoms with Crippen molar-refractivity contribution in [3.63, 3.8) is 0 Å². The Kier molecular flexibility index (Phi) is 4.18. The molecule has 2 aromatic rings. The fraction of sp³-hybridized carbons (Fsp3) is 0.476. The summed E-state index contributed by atoms with van der Waals surface area (Å²) in [4.78, 5) is 14.7. The second-order valence-electron chi connectivity index (χ2n) is 8.30. The van der Waals surface area contributed by atoms with Gasteiger partial charge in [-0.15, -0.1) is 0 Å². The molecule has 0 unspecified atom stereocenters. The van der Waals surface area contributed by atoms with Gasteiger partial charge >= 0.3 is 6.03 Å². The summed E-state index contributed by atoms with van der Waals surface area (Å²) in [6, 6.07) is 14.3. The van der Waals surface area contributed by atoms with Crippen molar-refractivity contribution in [1.29, 1.82) is 5.26 Å². The van der Waals surface area contributed by atoms with Crippen molar-refractivity contribution >= 4 is 6.03 Å². The third-order valence-electron chi connectivity index (χ3n) is 6.20. The predicted octanol–water partition coefficient (Wildman–Crippen LogP) is 3.04. The number of benzene rings is 1. The van der Waals surface area contributed by atoms with Crippen LogP contribution in [-0.4, -0.2) is 33.8 Å². The molecule has 1 saturated carbocycles. The van der Waals surface area contributed by atoms with E-state index in [4.69, 9.17) is 5.26 Å². The monoisotopic (exact) mass is 363 g/mol. The van der Waals surface area contributed by atoms with Gasteiger partial charge in [0.15, 0.2) is 5.69 Å². The molecule has 0 spiro atoms. The molecular weight excluding hydrogens is 338 g/mol. The lowest BCUT2D eigenvalue weighted by atomic mass is 9.88. The zero-order valence-corrected chi connectivity index (χ0v) is 15.9. The highest BCUT2D eigenvalue weighted by Gasteiger charge is 2.61. The van der Waals surface area contributed by atoms with E-state index in [2.05, 4.69) is 54.6 Å². The summed E-state index contributed by atoms with van der Waals surface area (Å²) >= 11 is 0. The molecule has 1 fully saturated rings. The highest BCUT2D eigenvalue weighted by molar-refractivity contribution is 5.74. The van der Waals surface area contributed by atoms with Crippen molar-refractivity contribution in [1.82, 2.24) is 20.0 Å². The Hall–Kier alpha value is -2.81. The molecule has 0 radical (unpaired) electrons. The lowest BCUT2D eigenvalue weighted by Crippen LogP contribution is -2.43. The van der Waals surface area contributed by atoms with E-state index in [0.717, 1.165) is 25.1 Å². The van der Waals surface area contributed by atoms with Crippen LogP contribution in [0.1, 0.15) is 43.6 Å². The quantitative estimate of drug-likeness (QED) is 0.911. The first-order chi connectivity index (χ1) is 12.9. The Bertz CT molecular complexity index is 895. The van der Waals surface area contributed by atoms with Crippen LogP contribution in [0.2, 0.25) is 0 Å². The molecule has 2 amide bonds. The second-order valence-corrected chi connectivity index (χ2v) is 8.30. The maximum atomic E-state index is 12.9. The van der Waals surface area contributed by atoms with Crippen molar-refractivity contribution in [2.24, 2.45) is 5.41 Å². The van der Waals surface area contributed by atoms with Gasteiger partial charge in [-0.05, 0) is 29.9 Å². The molecule has 1 aromatic heterocycles. The average molecular weight is 363 g/mol. The number of urea groups is 1. The van der Waals surface area contributed by atoms with Crippen molar-refractivity contribution < 1.29 is 4.79 Å². The number of aryl methyl sites for hydroxylation is 1. The normalized spacial score (nSPS) is 23.1. The van der Waals surface area contributed by atoms with E-state index in [1.165, 1.54) is 5.56 Å². The summed E-state index contributed by atoms with van der Waals surface area (Å²) in [5, 5.41) is 16.5. The van der Waals surface area contributed by atoms with Crippen LogP contribution in [0.15, 0.2) is 36.4 Å². The van der Waals surface area contributed by atoms with Crippen molar-refractivity contribution in [3.05, 3.63) is 53.3 Å². The van der Waals surface area contributed by atoms with E-state index < -0.39 is 0 Å². The molecule has 0 saturated heterocycles. The lowest BCUT2D eigenvalue weighted by Gasteiger charge is -2.25. The molecule has 2 aliphatic rings. The molecule has 6 heteroatoms. The maximum Gasteiger partial charge on any atom is 0.317 e. The second kappa shape index (κ2) is 6.41. The standard InChI is InChI=1S/C21H25N5O/c1-20(2)14-21(20,16-7-4-3-5-8-16)15-23-19(27)25-9-6-10-26-18(13-25)11-17(12-22)24-26/h3-5,7-8,11H,6,9-10,13-15H2,1-2H3,(H,23,27)/t21-/m1/s1. The molecule has 6 nitrogen and oxygen atoms in total. The summed E-state index contributed by atoms with van der Waals surface area (Å²) in [6.45, 7) is 7.09. The predicted molar refractivity (Wildman–Crippen MR) is 102 cm³/mol. The topological polar surface area (TPSA) is 74.0 Å². The largest absolute Gasteiger partial charge is 0.337 e. The third-order valence-corrected chi connectivity index (χ3v) is 6.20. The number of aromatic nitrogens is 2. The minimum atomic E-state index is -0.0406. The number of rotatable bonds is 3. The Morgan fingerprint density at radius 2 is 2.04 bits per heavy atom.